The molecule has 0 radical (unpaired) electrons. The fourth-order valence-corrected chi connectivity index (χ4v) is 2.19. The second-order valence-electron chi connectivity index (χ2n) is 5.42. The van der Waals surface area contributed by atoms with Crippen LogP contribution in [0.15, 0.2) is 48.5 Å². The summed E-state index contributed by atoms with van der Waals surface area (Å²) in [6.07, 6.45) is 0.367. The molecule has 3 heteroatoms. The lowest BCUT2D eigenvalue weighted by molar-refractivity contribution is -0.127. The van der Waals surface area contributed by atoms with Crippen LogP contribution in [0.3, 0.4) is 0 Å². The van der Waals surface area contributed by atoms with Gasteiger partial charge in [-0.15, -0.1) is 0 Å². The van der Waals surface area contributed by atoms with Gasteiger partial charge in [-0.1, -0.05) is 55.0 Å². The molecule has 0 aliphatic carbocycles. The Bertz CT molecular complexity index is 620. The van der Waals surface area contributed by atoms with Gasteiger partial charge in [0, 0.05) is 6.54 Å². The Hall–Kier alpha value is -2.29. The van der Waals surface area contributed by atoms with Gasteiger partial charge >= 0.3 is 0 Å². The zero-order valence-corrected chi connectivity index (χ0v) is 13.4. The summed E-state index contributed by atoms with van der Waals surface area (Å²) in [4.78, 5) is 12.2. The van der Waals surface area contributed by atoms with Crippen LogP contribution in [0, 0.1) is 6.92 Å². The van der Waals surface area contributed by atoms with Gasteiger partial charge in [0.2, 0.25) is 0 Å². The van der Waals surface area contributed by atoms with Gasteiger partial charge in [0.1, 0.15) is 5.75 Å². The number of ether oxygens (including phenoxy) is 1. The maximum atomic E-state index is 12.2. The molecular formula is C19H23NO2. The topological polar surface area (TPSA) is 38.3 Å². The molecule has 0 fully saturated rings. The van der Waals surface area contributed by atoms with E-state index >= 15 is 0 Å². The Morgan fingerprint density at radius 3 is 2.50 bits per heavy atom. The second-order valence-corrected chi connectivity index (χ2v) is 5.42. The summed E-state index contributed by atoms with van der Waals surface area (Å²) in [7, 11) is 0. The van der Waals surface area contributed by atoms with E-state index in [-0.39, 0.29) is 5.91 Å². The molecule has 3 nitrogen and oxygen atoms in total. The van der Waals surface area contributed by atoms with Gasteiger partial charge in [0.15, 0.2) is 6.10 Å². The first-order valence-electron chi connectivity index (χ1n) is 7.68. The number of nitrogens with one attached hydrogen (secondary N) is 1. The van der Waals surface area contributed by atoms with Crippen molar-refractivity contribution in [3.8, 4) is 5.75 Å². The third kappa shape index (κ3) is 4.35. The van der Waals surface area contributed by atoms with Gasteiger partial charge in [-0.2, -0.15) is 0 Å². The quantitative estimate of drug-likeness (QED) is 0.884. The third-order valence-electron chi connectivity index (χ3n) is 3.61. The summed E-state index contributed by atoms with van der Waals surface area (Å²) >= 11 is 0. The molecule has 1 N–H and O–H groups in total. The minimum atomic E-state index is -0.516. The molecule has 0 spiro atoms. The van der Waals surface area contributed by atoms with Crippen molar-refractivity contribution in [2.24, 2.45) is 0 Å². The first-order chi connectivity index (χ1) is 10.6. The lowest BCUT2D eigenvalue weighted by Gasteiger charge is -2.17. The molecule has 116 valence electrons. The smallest absolute Gasteiger partial charge is 0.261 e. The van der Waals surface area contributed by atoms with Crippen LogP contribution >= 0.6 is 0 Å². The summed E-state index contributed by atoms with van der Waals surface area (Å²) in [6.45, 7) is 6.41. The minimum Gasteiger partial charge on any atom is -0.481 e. The van der Waals surface area contributed by atoms with Crippen molar-refractivity contribution in [1.82, 2.24) is 5.32 Å². The molecule has 0 aliphatic heterocycles. The first-order valence-corrected chi connectivity index (χ1v) is 7.68. The number of rotatable bonds is 6. The van der Waals surface area contributed by atoms with Gasteiger partial charge in [0.05, 0.1) is 0 Å². The average Bonchev–Trinajstić information content (AvgIpc) is 2.54. The molecule has 0 aromatic heterocycles. The third-order valence-corrected chi connectivity index (χ3v) is 3.61. The van der Waals surface area contributed by atoms with Crippen molar-refractivity contribution in [3.63, 3.8) is 0 Å². The van der Waals surface area contributed by atoms with Crippen molar-refractivity contribution in [2.75, 3.05) is 0 Å². The van der Waals surface area contributed by atoms with Gasteiger partial charge in [-0.25, -0.2) is 0 Å². The number of amides is 1. The van der Waals surface area contributed by atoms with Crippen molar-refractivity contribution >= 4 is 5.91 Å². The van der Waals surface area contributed by atoms with Crippen molar-refractivity contribution < 1.29 is 9.53 Å². The van der Waals surface area contributed by atoms with E-state index in [0.717, 1.165) is 23.3 Å². The van der Waals surface area contributed by atoms with E-state index in [2.05, 4.69) is 12.2 Å². The monoisotopic (exact) mass is 297 g/mol. The lowest BCUT2D eigenvalue weighted by Crippen LogP contribution is -2.36. The Kier molecular flexibility index (Phi) is 5.59. The Balaban J connectivity index is 1.90. The highest BCUT2D eigenvalue weighted by atomic mass is 16.5. The zero-order valence-electron chi connectivity index (χ0n) is 13.4. The van der Waals surface area contributed by atoms with Gasteiger partial charge in [-0.3, -0.25) is 4.79 Å². The molecule has 0 unspecified atom stereocenters. The van der Waals surface area contributed by atoms with E-state index in [1.54, 1.807) is 6.92 Å². The normalized spacial score (nSPS) is 11.8. The fourth-order valence-electron chi connectivity index (χ4n) is 2.19. The Morgan fingerprint density at radius 1 is 1.14 bits per heavy atom. The highest BCUT2D eigenvalue weighted by Gasteiger charge is 2.15. The molecule has 0 saturated carbocycles. The molecule has 1 amide bonds. The summed E-state index contributed by atoms with van der Waals surface area (Å²) in [5.41, 5.74) is 3.41. The maximum Gasteiger partial charge on any atom is 0.261 e. The number of carbonyl (C=O) groups excluding carboxylic acids is 1. The minimum absolute atomic E-state index is 0.105. The zero-order chi connectivity index (χ0) is 15.9. The predicted molar refractivity (Wildman–Crippen MR) is 88.9 cm³/mol. The van der Waals surface area contributed by atoms with Crippen LogP contribution in [0.2, 0.25) is 0 Å². The molecule has 1 atom stereocenters. The van der Waals surface area contributed by atoms with E-state index in [4.69, 9.17) is 4.74 Å². The standard InChI is InChI=1S/C19H23NO2/c1-4-17-7-5-6-8-18(17)22-15(3)19(21)20-13-16-11-9-14(2)10-12-16/h5-12,15H,4,13H2,1-3H3,(H,20,21)/t15-/m0/s1. The van der Waals surface area contributed by atoms with Crippen LogP contribution in [0.25, 0.3) is 0 Å². The molecule has 2 rings (SSSR count). The fraction of sp³-hybridized carbons (Fsp3) is 0.316. The van der Waals surface area contributed by atoms with Crippen molar-refractivity contribution in [1.29, 1.82) is 0 Å². The number of carbonyl (C=O) groups is 1. The number of hydrogen-bond acceptors (Lipinski definition) is 2. The van der Waals surface area contributed by atoms with Crippen LogP contribution in [0.4, 0.5) is 0 Å². The van der Waals surface area contributed by atoms with E-state index < -0.39 is 6.10 Å². The molecule has 0 aliphatic rings. The van der Waals surface area contributed by atoms with Crippen LogP contribution in [-0.2, 0) is 17.8 Å². The van der Waals surface area contributed by atoms with E-state index in [9.17, 15) is 4.79 Å². The summed E-state index contributed by atoms with van der Waals surface area (Å²) in [6, 6.07) is 16.0. The number of hydrogen-bond donors (Lipinski definition) is 1. The molecule has 22 heavy (non-hydrogen) atoms. The van der Waals surface area contributed by atoms with Crippen LogP contribution in [0.5, 0.6) is 5.75 Å². The average molecular weight is 297 g/mol. The number of para-hydroxylation sites is 1. The summed E-state index contributed by atoms with van der Waals surface area (Å²) < 4.78 is 5.79. The highest BCUT2D eigenvalue weighted by molar-refractivity contribution is 5.80. The van der Waals surface area contributed by atoms with Gasteiger partial charge < -0.3 is 10.1 Å². The second kappa shape index (κ2) is 7.64. The highest BCUT2D eigenvalue weighted by Crippen LogP contribution is 2.19. The Morgan fingerprint density at radius 2 is 1.82 bits per heavy atom. The largest absolute Gasteiger partial charge is 0.481 e. The van der Waals surface area contributed by atoms with Gasteiger partial charge in [0.25, 0.3) is 5.91 Å². The van der Waals surface area contributed by atoms with Gasteiger partial charge in [-0.05, 0) is 37.5 Å². The summed E-state index contributed by atoms with van der Waals surface area (Å²) in [5, 5.41) is 2.91. The van der Waals surface area contributed by atoms with E-state index in [0.29, 0.717) is 6.54 Å². The predicted octanol–water partition coefficient (Wildman–Crippen LogP) is 3.64. The summed E-state index contributed by atoms with van der Waals surface area (Å²) in [5.74, 6) is 0.675. The maximum absolute atomic E-state index is 12.2. The molecule has 2 aromatic rings. The van der Waals surface area contributed by atoms with Crippen molar-refractivity contribution in [2.45, 2.75) is 39.8 Å². The molecule has 0 saturated heterocycles. The SMILES string of the molecule is CCc1ccccc1O[C@@H](C)C(=O)NCc1ccc(C)cc1. The van der Waals surface area contributed by atoms with Crippen LogP contribution in [0.1, 0.15) is 30.5 Å². The van der Waals surface area contributed by atoms with Crippen molar-refractivity contribution in [3.05, 3.63) is 65.2 Å². The molecule has 0 heterocycles. The molecule has 2 aromatic carbocycles. The van der Waals surface area contributed by atoms with E-state index in [1.807, 2.05) is 55.5 Å². The van der Waals surface area contributed by atoms with E-state index in [1.165, 1.54) is 5.56 Å². The molecular weight excluding hydrogens is 274 g/mol. The Labute approximate surface area is 132 Å². The number of aryl methyl sites for hydroxylation is 2. The van der Waals surface area contributed by atoms with Crippen LogP contribution in [-0.4, -0.2) is 12.0 Å². The lowest BCUT2D eigenvalue weighted by atomic mass is 10.1. The molecule has 0 bridgehead atoms. The first kappa shape index (κ1) is 16.1. The van der Waals surface area contributed by atoms with Crippen LogP contribution < -0.4 is 10.1 Å². The number of benzene rings is 2.